The summed E-state index contributed by atoms with van der Waals surface area (Å²) < 4.78 is 0. The zero-order valence-electron chi connectivity index (χ0n) is 10.0. The number of rotatable bonds is 5. The van der Waals surface area contributed by atoms with Crippen molar-refractivity contribution in [1.29, 1.82) is 0 Å². The first kappa shape index (κ1) is 12.5. The lowest BCUT2D eigenvalue weighted by Gasteiger charge is -2.11. The van der Waals surface area contributed by atoms with Crippen molar-refractivity contribution in [2.75, 3.05) is 11.1 Å². The van der Waals surface area contributed by atoms with Gasteiger partial charge < -0.3 is 0 Å². The Kier molecular flexibility index (Phi) is 4.01. The van der Waals surface area contributed by atoms with E-state index in [0.717, 1.165) is 5.33 Å². The van der Waals surface area contributed by atoms with Crippen molar-refractivity contribution in [2.45, 2.75) is 37.5 Å². The third-order valence-electron chi connectivity index (χ3n) is 3.33. The van der Waals surface area contributed by atoms with E-state index in [1.807, 2.05) is 11.8 Å². The average molecular weight is 299 g/mol. The van der Waals surface area contributed by atoms with E-state index in [9.17, 15) is 0 Å². The number of alkyl halides is 1. The van der Waals surface area contributed by atoms with Crippen molar-refractivity contribution < 1.29 is 0 Å². The summed E-state index contributed by atoms with van der Waals surface area (Å²) in [6, 6.07) is 9.07. The molecule has 0 unspecified atom stereocenters. The lowest BCUT2D eigenvalue weighted by atomic mass is 10.0. The van der Waals surface area contributed by atoms with E-state index < -0.39 is 0 Å². The zero-order valence-corrected chi connectivity index (χ0v) is 12.4. The molecular weight excluding hydrogens is 280 g/mol. The van der Waals surface area contributed by atoms with E-state index in [1.54, 1.807) is 0 Å². The van der Waals surface area contributed by atoms with Crippen molar-refractivity contribution in [3.63, 3.8) is 0 Å². The quantitative estimate of drug-likeness (QED) is 0.540. The molecule has 1 aliphatic carbocycles. The van der Waals surface area contributed by atoms with Crippen molar-refractivity contribution in [3.05, 3.63) is 29.8 Å². The van der Waals surface area contributed by atoms with Gasteiger partial charge in [-0.3, -0.25) is 0 Å². The molecule has 0 bridgehead atoms. The summed E-state index contributed by atoms with van der Waals surface area (Å²) in [4.78, 5) is 1.41. The Morgan fingerprint density at radius 3 is 2.31 bits per heavy atom. The normalized spacial score (nSPS) is 17.8. The molecule has 1 aromatic carbocycles. The van der Waals surface area contributed by atoms with Gasteiger partial charge in [0.05, 0.1) is 0 Å². The Hall–Kier alpha value is 0.0500. The van der Waals surface area contributed by atoms with Crippen LogP contribution in [-0.2, 0) is 0 Å². The lowest BCUT2D eigenvalue weighted by molar-refractivity contribution is 0.686. The Labute approximate surface area is 111 Å². The van der Waals surface area contributed by atoms with Crippen LogP contribution in [-0.4, -0.2) is 11.1 Å². The summed E-state index contributed by atoms with van der Waals surface area (Å²) in [5.41, 5.74) is 2.05. The predicted molar refractivity (Wildman–Crippen MR) is 76.7 cm³/mol. The van der Waals surface area contributed by atoms with Crippen molar-refractivity contribution >= 4 is 27.7 Å². The Balaban J connectivity index is 1.90. The molecule has 0 N–H and O–H groups in total. The number of halogens is 1. The van der Waals surface area contributed by atoms with Crippen LogP contribution in [0.5, 0.6) is 0 Å². The van der Waals surface area contributed by atoms with Crippen LogP contribution in [0.15, 0.2) is 29.2 Å². The van der Waals surface area contributed by atoms with Gasteiger partial charge in [0.2, 0.25) is 0 Å². The molecule has 0 atom stereocenters. The van der Waals surface area contributed by atoms with Gasteiger partial charge in [-0.05, 0) is 41.9 Å². The summed E-state index contributed by atoms with van der Waals surface area (Å²) in [5.74, 6) is 1.90. The van der Waals surface area contributed by atoms with Crippen LogP contribution in [0.2, 0.25) is 0 Å². The monoisotopic (exact) mass is 298 g/mol. The molecule has 0 heterocycles. The number of thioether (sulfide) groups is 1. The van der Waals surface area contributed by atoms with Gasteiger partial charge in [-0.15, -0.1) is 11.8 Å². The van der Waals surface area contributed by atoms with E-state index in [0.29, 0.717) is 11.3 Å². The van der Waals surface area contributed by atoms with Gasteiger partial charge in [0, 0.05) is 16.0 Å². The van der Waals surface area contributed by atoms with Gasteiger partial charge >= 0.3 is 0 Å². The first-order valence-corrected chi connectivity index (χ1v) is 8.05. The fourth-order valence-electron chi connectivity index (χ4n) is 1.68. The molecule has 2 heteroatoms. The molecule has 1 saturated carbocycles. The van der Waals surface area contributed by atoms with E-state index >= 15 is 0 Å². The number of hydrogen-bond acceptors (Lipinski definition) is 1. The summed E-state index contributed by atoms with van der Waals surface area (Å²) in [5, 5.41) is 1.16. The van der Waals surface area contributed by atoms with E-state index in [1.165, 1.54) is 29.1 Å². The maximum Gasteiger partial charge on any atom is 0.00959 e. The van der Waals surface area contributed by atoms with Crippen LogP contribution in [0.4, 0.5) is 0 Å². The molecule has 88 valence electrons. The second-order valence-corrected chi connectivity index (χ2v) is 6.76. The zero-order chi connectivity index (χ0) is 11.6. The van der Waals surface area contributed by atoms with Gasteiger partial charge in [0.1, 0.15) is 0 Å². The maximum atomic E-state index is 3.62. The summed E-state index contributed by atoms with van der Waals surface area (Å²) in [6.45, 7) is 4.48. The Morgan fingerprint density at radius 2 is 1.88 bits per heavy atom. The Morgan fingerprint density at radius 1 is 1.25 bits per heavy atom. The van der Waals surface area contributed by atoms with E-state index in [2.05, 4.69) is 54.0 Å². The molecule has 0 saturated heterocycles. The minimum atomic E-state index is 0.612. The fraction of sp³-hybridized carbons (Fsp3) is 0.571. The standard InChI is InChI=1S/C14H19BrS/c1-11(2)12-3-5-13(6-4-12)16-10-14(9-15)7-8-14/h3-6,11H,7-10H2,1-2H3. The number of benzene rings is 1. The minimum Gasteiger partial charge on any atom is -0.126 e. The van der Waals surface area contributed by atoms with Crippen LogP contribution in [0.3, 0.4) is 0 Å². The molecule has 0 aliphatic heterocycles. The highest BCUT2D eigenvalue weighted by Crippen LogP contribution is 2.50. The largest absolute Gasteiger partial charge is 0.126 e. The predicted octanol–water partition coefficient (Wildman–Crippen LogP) is 5.08. The molecule has 0 nitrogen and oxygen atoms in total. The highest BCUT2D eigenvalue weighted by Gasteiger charge is 2.41. The molecule has 0 amide bonds. The second kappa shape index (κ2) is 5.14. The highest BCUT2D eigenvalue weighted by molar-refractivity contribution is 9.09. The van der Waals surface area contributed by atoms with Crippen LogP contribution < -0.4 is 0 Å². The molecule has 16 heavy (non-hydrogen) atoms. The van der Waals surface area contributed by atoms with Gasteiger partial charge in [-0.1, -0.05) is 41.9 Å². The molecule has 0 radical (unpaired) electrons. The summed E-state index contributed by atoms with van der Waals surface area (Å²) in [6.07, 6.45) is 2.80. The van der Waals surface area contributed by atoms with Gasteiger partial charge in [0.25, 0.3) is 0 Å². The molecular formula is C14H19BrS. The smallest absolute Gasteiger partial charge is 0.00959 e. The summed E-state index contributed by atoms with van der Waals surface area (Å²) in [7, 11) is 0. The van der Waals surface area contributed by atoms with Crippen molar-refractivity contribution in [3.8, 4) is 0 Å². The van der Waals surface area contributed by atoms with E-state index in [4.69, 9.17) is 0 Å². The molecule has 1 aliphatic rings. The van der Waals surface area contributed by atoms with Crippen LogP contribution in [0.25, 0.3) is 0 Å². The lowest BCUT2D eigenvalue weighted by Crippen LogP contribution is -2.04. The first-order chi connectivity index (χ1) is 7.65. The fourth-order valence-corrected chi connectivity index (χ4v) is 3.89. The third kappa shape index (κ3) is 3.04. The van der Waals surface area contributed by atoms with Gasteiger partial charge in [0.15, 0.2) is 0 Å². The first-order valence-electron chi connectivity index (χ1n) is 5.94. The molecule has 0 aromatic heterocycles. The van der Waals surface area contributed by atoms with Gasteiger partial charge in [-0.2, -0.15) is 0 Å². The Bertz CT molecular complexity index is 338. The molecule has 1 fully saturated rings. The number of hydrogen-bond donors (Lipinski definition) is 0. The topological polar surface area (TPSA) is 0 Å². The molecule has 2 rings (SSSR count). The van der Waals surface area contributed by atoms with Crippen LogP contribution >= 0.6 is 27.7 Å². The van der Waals surface area contributed by atoms with Crippen molar-refractivity contribution in [1.82, 2.24) is 0 Å². The van der Waals surface area contributed by atoms with Crippen LogP contribution in [0, 0.1) is 5.41 Å². The maximum absolute atomic E-state index is 3.62. The van der Waals surface area contributed by atoms with Gasteiger partial charge in [-0.25, -0.2) is 0 Å². The van der Waals surface area contributed by atoms with Crippen LogP contribution in [0.1, 0.15) is 38.2 Å². The highest BCUT2D eigenvalue weighted by atomic mass is 79.9. The average Bonchev–Trinajstić information content (AvgIpc) is 3.08. The third-order valence-corrected chi connectivity index (χ3v) is 5.88. The van der Waals surface area contributed by atoms with E-state index in [-0.39, 0.29) is 0 Å². The minimum absolute atomic E-state index is 0.612. The summed E-state index contributed by atoms with van der Waals surface area (Å²) >= 11 is 5.63. The molecule has 1 aromatic rings. The SMILES string of the molecule is CC(C)c1ccc(SCC2(CBr)CC2)cc1. The second-order valence-electron chi connectivity index (χ2n) is 5.15. The molecule has 0 spiro atoms. The van der Waals surface area contributed by atoms with Crippen molar-refractivity contribution in [2.24, 2.45) is 5.41 Å².